The van der Waals surface area contributed by atoms with Crippen LogP contribution in [0.25, 0.3) is 33.6 Å². The number of alkyl carbamates (subject to hydrolysis) is 1. The van der Waals surface area contributed by atoms with Crippen molar-refractivity contribution in [2.45, 2.75) is 39.5 Å². The first-order valence-corrected chi connectivity index (χ1v) is 14.7. The lowest BCUT2D eigenvalue weighted by Gasteiger charge is -2.20. The zero-order valence-corrected chi connectivity index (χ0v) is 26.8. The van der Waals surface area contributed by atoms with E-state index in [0.717, 1.165) is 11.1 Å². The summed E-state index contributed by atoms with van der Waals surface area (Å²) in [5.74, 6) is 1.00. The molecule has 0 aliphatic heterocycles. The molecule has 4 aromatic rings. The summed E-state index contributed by atoms with van der Waals surface area (Å²) in [4.78, 5) is 21.3. The number of pyridine rings is 2. The Morgan fingerprint density at radius 3 is 2.36 bits per heavy atom. The van der Waals surface area contributed by atoms with Crippen LogP contribution in [-0.2, 0) is 17.9 Å². The predicted molar refractivity (Wildman–Crippen MR) is 173 cm³/mol. The molecular weight excluding hydrogens is 603 g/mol. The molecule has 2 aromatic heterocycles. The van der Waals surface area contributed by atoms with E-state index in [9.17, 15) is 4.79 Å². The molecule has 0 aliphatic rings. The Balaban J connectivity index is 1.64. The standard InChI is InChI=1S/C33H36Cl2N4O5/c1-33(2,3)39-32(41)44-19-22-11-12-26(38-31(22)43-5)25-8-6-7-23(28(25)34)24-13-14-37-30(29(24)35)20-9-10-21(18-36-15-16-40)27(17-20)42-4/h6-14,17,36,40H,15-16,18-19H2,1-5H3,(H,39,41). The summed E-state index contributed by atoms with van der Waals surface area (Å²) in [5, 5.41) is 15.9. The maximum Gasteiger partial charge on any atom is 0.407 e. The Labute approximate surface area is 267 Å². The molecule has 0 unspecified atom stereocenters. The van der Waals surface area contributed by atoms with E-state index in [1.54, 1.807) is 25.4 Å². The molecule has 0 aliphatic carbocycles. The smallest absolute Gasteiger partial charge is 0.407 e. The Morgan fingerprint density at radius 2 is 1.66 bits per heavy atom. The fourth-order valence-corrected chi connectivity index (χ4v) is 5.17. The van der Waals surface area contributed by atoms with Gasteiger partial charge < -0.3 is 30.0 Å². The molecule has 2 aromatic carbocycles. The van der Waals surface area contributed by atoms with Crippen LogP contribution in [0.5, 0.6) is 11.6 Å². The molecule has 3 N–H and O–H groups in total. The zero-order valence-electron chi connectivity index (χ0n) is 25.3. The first-order chi connectivity index (χ1) is 21.1. The minimum atomic E-state index is -0.530. The van der Waals surface area contributed by atoms with Crippen molar-refractivity contribution < 1.29 is 24.1 Å². The van der Waals surface area contributed by atoms with E-state index in [1.165, 1.54) is 7.11 Å². The summed E-state index contributed by atoms with van der Waals surface area (Å²) in [6.07, 6.45) is 1.16. The number of amides is 1. The van der Waals surface area contributed by atoms with Gasteiger partial charge in [0.1, 0.15) is 12.4 Å². The third-order valence-corrected chi connectivity index (χ3v) is 7.38. The lowest BCUT2D eigenvalue weighted by atomic mass is 9.99. The topological polar surface area (TPSA) is 115 Å². The second kappa shape index (κ2) is 14.7. The minimum absolute atomic E-state index is 0.00746. The summed E-state index contributed by atoms with van der Waals surface area (Å²) < 4.78 is 16.5. The van der Waals surface area contributed by atoms with Crippen LogP contribution in [0, 0.1) is 0 Å². The van der Waals surface area contributed by atoms with E-state index >= 15 is 0 Å². The Hall–Kier alpha value is -3.89. The van der Waals surface area contributed by atoms with Crippen molar-refractivity contribution in [1.29, 1.82) is 0 Å². The van der Waals surface area contributed by atoms with Gasteiger partial charge in [-0.1, -0.05) is 53.5 Å². The van der Waals surface area contributed by atoms with E-state index < -0.39 is 11.6 Å². The van der Waals surface area contributed by atoms with Crippen LogP contribution in [0.1, 0.15) is 31.9 Å². The minimum Gasteiger partial charge on any atom is -0.496 e. The average Bonchev–Trinajstić information content (AvgIpc) is 3.00. The number of ether oxygens (including phenoxy) is 3. The molecule has 0 spiro atoms. The van der Waals surface area contributed by atoms with Gasteiger partial charge >= 0.3 is 6.09 Å². The molecule has 4 rings (SSSR count). The summed E-state index contributed by atoms with van der Waals surface area (Å²) in [6.45, 7) is 6.70. The highest BCUT2D eigenvalue weighted by atomic mass is 35.5. The van der Waals surface area contributed by atoms with Crippen LogP contribution >= 0.6 is 23.2 Å². The second-order valence-electron chi connectivity index (χ2n) is 10.9. The summed E-state index contributed by atoms with van der Waals surface area (Å²) in [5.41, 5.74) is 5.18. The number of rotatable bonds is 11. The third-order valence-electron chi connectivity index (χ3n) is 6.59. The number of aromatic nitrogens is 2. The van der Waals surface area contributed by atoms with Gasteiger partial charge in [-0.2, -0.15) is 0 Å². The number of nitrogens with zero attached hydrogens (tertiary/aromatic N) is 2. The highest BCUT2D eigenvalue weighted by Gasteiger charge is 2.20. The molecule has 0 fully saturated rings. The third kappa shape index (κ3) is 7.98. The molecule has 0 saturated heterocycles. The molecule has 0 atom stereocenters. The van der Waals surface area contributed by atoms with Gasteiger partial charge in [-0.15, -0.1) is 0 Å². The summed E-state index contributed by atoms with van der Waals surface area (Å²) in [6, 6.07) is 16.8. The largest absolute Gasteiger partial charge is 0.496 e. The molecule has 2 heterocycles. The number of halogens is 2. The number of methoxy groups -OCH3 is 2. The van der Waals surface area contributed by atoms with Crippen LogP contribution in [-0.4, -0.2) is 54.1 Å². The van der Waals surface area contributed by atoms with E-state index in [0.29, 0.717) is 68.4 Å². The maximum absolute atomic E-state index is 12.1. The van der Waals surface area contributed by atoms with E-state index in [1.807, 2.05) is 63.2 Å². The molecule has 0 bridgehead atoms. The molecule has 0 radical (unpaired) electrons. The van der Waals surface area contributed by atoms with Gasteiger partial charge in [-0.3, -0.25) is 4.98 Å². The van der Waals surface area contributed by atoms with Crippen LogP contribution in [0.3, 0.4) is 0 Å². The molecule has 9 nitrogen and oxygen atoms in total. The summed E-state index contributed by atoms with van der Waals surface area (Å²) >= 11 is 14.0. The van der Waals surface area contributed by atoms with Crippen molar-refractivity contribution in [3.63, 3.8) is 0 Å². The average molecular weight is 640 g/mol. The van der Waals surface area contributed by atoms with Gasteiger partial charge in [0.2, 0.25) is 5.88 Å². The number of nitrogens with one attached hydrogen (secondary N) is 2. The zero-order chi connectivity index (χ0) is 31.9. The maximum atomic E-state index is 12.1. The first-order valence-electron chi connectivity index (χ1n) is 14.0. The SMILES string of the molecule is COc1cc(-c2nccc(-c3cccc(-c4ccc(COC(=O)NC(C)(C)C)c(OC)n4)c3Cl)c2Cl)ccc1CNCCO. The molecule has 1 amide bonds. The molecule has 44 heavy (non-hydrogen) atoms. The van der Waals surface area contributed by atoms with Crippen molar-refractivity contribution in [1.82, 2.24) is 20.6 Å². The van der Waals surface area contributed by atoms with Crippen molar-refractivity contribution in [2.24, 2.45) is 0 Å². The monoisotopic (exact) mass is 638 g/mol. The quantitative estimate of drug-likeness (QED) is 0.152. The van der Waals surface area contributed by atoms with Crippen LogP contribution in [0.2, 0.25) is 10.0 Å². The Bertz CT molecular complexity index is 1620. The highest BCUT2D eigenvalue weighted by molar-refractivity contribution is 6.39. The highest BCUT2D eigenvalue weighted by Crippen LogP contribution is 2.42. The van der Waals surface area contributed by atoms with Gasteiger partial charge in [0.15, 0.2) is 0 Å². The number of hydrogen-bond donors (Lipinski definition) is 3. The van der Waals surface area contributed by atoms with Crippen molar-refractivity contribution >= 4 is 29.3 Å². The van der Waals surface area contributed by atoms with Crippen molar-refractivity contribution in [2.75, 3.05) is 27.4 Å². The Kier molecular flexibility index (Phi) is 11.0. The van der Waals surface area contributed by atoms with Crippen LogP contribution in [0.15, 0.2) is 60.8 Å². The lowest BCUT2D eigenvalue weighted by molar-refractivity contribution is 0.130. The van der Waals surface area contributed by atoms with Crippen molar-refractivity contribution in [3.8, 4) is 45.3 Å². The number of benzene rings is 2. The predicted octanol–water partition coefficient (Wildman–Crippen LogP) is 6.91. The van der Waals surface area contributed by atoms with Gasteiger partial charge in [0, 0.05) is 52.6 Å². The van der Waals surface area contributed by atoms with Crippen LogP contribution in [0.4, 0.5) is 4.79 Å². The van der Waals surface area contributed by atoms with Gasteiger partial charge in [-0.25, -0.2) is 9.78 Å². The first kappa shape index (κ1) is 33.0. The number of aliphatic hydroxyl groups is 1. The molecule has 11 heteroatoms. The molecule has 0 saturated carbocycles. The molecule has 232 valence electrons. The van der Waals surface area contributed by atoms with Gasteiger partial charge in [-0.05, 0) is 45.0 Å². The summed E-state index contributed by atoms with van der Waals surface area (Å²) in [7, 11) is 3.12. The van der Waals surface area contributed by atoms with Crippen LogP contribution < -0.4 is 20.1 Å². The fourth-order valence-electron chi connectivity index (χ4n) is 4.52. The number of hydrogen-bond acceptors (Lipinski definition) is 8. The lowest BCUT2D eigenvalue weighted by Crippen LogP contribution is -2.40. The van der Waals surface area contributed by atoms with E-state index in [-0.39, 0.29) is 13.2 Å². The fraction of sp³-hybridized carbons (Fsp3) is 0.303. The number of aliphatic hydroxyl groups excluding tert-OH is 1. The number of carbonyl (C=O) groups is 1. The van der Waals surface area contributed by atoms with Gasteiger partial charge in [0.25, 0.3) is 0 Å². The normalized spacial score (nSPS) is 11.3. The second-order valence-corrected chi connectivity index (χ2v) is 11.7. The number of carbonyl (C=O) groups excluding carboxylic acids is 1. The molecular formula is C33H36Cl2N4O5. The van der Waals surface area contributed by atoms with E-state index in [2.05, 4.69) is 20.6 Å². The Morgan fingerprint density at radius 1 is 0.932 bits per heavy atom. The van der Waals surface area contributed by atoms with E-state index in [4.69, 9.17) is 42.5 Å². The van der Waals surface area contributed by atoms with Crippen molar-refractivity contribution in [3.05, 3.63) is 82.0 Å². The van der Waals surface area contributed by atoms with Gasteiger partial charge in [0.05, 0.1) is 47.8 Å².